The number of hydrogen-bond donors (Lipinski definition) is 1. The minimum Gasteiger partial charge on any atom is -0.489 e. The van der Waals surface area contributed by atoms with E-state index in [1.165, 1.54) is 0 Å². The SMILES string of the molecule is CC(C)COc1cn(-c2ccccc2)nc1C(=O)N1CC2CCC(N)C2C1.Cl. The number of rotatable bonds is 5. The molecule has 2 fully saturated rings. The Hall–Kier alpha value is -2.05. The number of fused-ring (bicyclic) bond motifs is 1. The van der Waals surface area contributed by atoms with E-state index in [9.17, 15) is 4.79 Å². The molecule has 1 saturated carbocycles. The number of aromatic nitrogens is 2. The van der Waals surface area contributed by atoms with E-state index in [2.05, 4.69) is 18.9 Å². The number of para-hydroxylation sites is 1. The van der Waals surface area contributed by atoms with E-state index in [4.69, 9.17) is 10.5 Å². The van der Waals surface area contributed by atoms with Crippen LogP contribution in [0.25, 0.3) is 5.69 Å². The number of carbonyl (C=O) groups excluding carboxylic acids is 1. The van der Waals surface area contributed by atoms with E-state index < -0.39 is 0 Å². The van der Waals surface area contributed by atoms with Gasteiger partial charge in [0.15, 0.2) is 11.4 Å². The largest absolute Gasteiger partial charge is 0.489 e. The van der Waals surface area contributed by atoms with Gasteiger partial charge in [-0.2, -0.15) is 5.10 Å². The van der Waals surface area contributed by atoms with Gasteiger partial charge in [0.2, 0.25) is 0 Å². The summed E-state index contributed by atoms with van der Waals surface area (Å²) < 4.78 is 7.67. The maximum Gasteiger partial charge on any atom is 0.278 e. The lowest BCUT2D eigenvalue weighted by Gasteiger charge is -2.18. The zero-order valence-corrected chi connectivity index (χ0v) is 17.3. The maximum atomic E-state index is 13.2. The molecule has 1 aliphatic heterocycles. The molecule has 1 amide bonds. The van der Waals surface area contributed by atoms with Gasteiger partial charge >= 0.3 is 0 Å². The van der Waals surface area contributed by atoms with Gasteiger partial charge in [0.25, 0.3) is 5.91 Å². The highest BCUT2D eigenvalue weighted by Crippen LogP contribution is 2.38. The van der Waals surface area contributed by atoms with Crippen LogP contribution in [0.3, 0.4) is 0 Å². The minimum absolute atomic E-state index is 0. The van der Waals surface area contributed by atoms with Gasteiger partial charge in [-0.3, -0.25) is 4.79 Å². The highest BCUT2D eigenvalue weighted by Gasteiger charge is 2.43. The van der Waals surface area contributed by atoms with Gasteiger partial charge in [-0.05, 0) is 42.7 Å². The summed E-state index contributed by atoms with van der Waals surface area (Å²) in [6, 6.07) is 10.0. The van der Waals surface area contributed by atoms with Gasteiger partial charge in [-0.25, -0.2) is 4.68 Å². The van der Waals surface area contributed by atoms with Crippen LogP contribution in [0, 0.1) is 17.8 Å². The van der Waals surface area contributed by atoms with Crippen molar-refractivity contribution in [2.45, 2.75) is 32.7 Å². The first-order valence-corrected chi connectivity index (χ1v) is 9.85. The van der Waals surface area contributed by atoms with Crippen molar-refractivity contribution < 1.29 is 9.53 Å². The van der Waals surface area contributed by atoms with Crippen LogP contribution >= 0.6 is 12.4 Å². The summed E-state index contributed by atoms with van der Waals surface area (Å²) in [5, 5.41) is 4.59. The van der Waals surface area contributed by atoms with Crippen LogP contribution in [0.2, 0.25) is 0 Å². The Labute approximate surface area is 172 Å². The van der Waals surface area contributed by atoms with E-state index in [-0.39, 0.29) is 24.4 Å². The Balaban J connectivity index is 0.00000225. The van der Waals surface area contributed by atoms with Gasteiger partial charge < -0.3 is 15.4 Å². The summed E-state index contributed by atoms with van der Waals surface area (Å²) in [7, 11) is 0. The number of hydrogen-bond acceptors (Lipinski definition) is 4. The highest BCUT2D eigenvalue weighted by molar-refractivity contribution is 5.95. The Bertz CT molecular complexity index is 808. The maximum absolute atomic E-state index is 13.2. The van der Waals surface area contributed by atoms with E-state index in [1.54, 1.807) is 4.68 Å². The molecule has 2 aliphatic rings. The van der Waals surface area contributed by atoms with Crippen molar-refractivity contribution in [3.05, 3.63) is 42.2 Å². The molecule has 152 valence electrons. The van der Waals surface area contributed by atoms with E-state index in [0.29, 0.717) is 35.8 Å². The molecule has 0 radical (unpaired) electrons. The second kappa shape index (κ2) is 8.53. The topological polar surface area (TPSA) is 73.4 Å². The minimum atomic E-state index is -0.0509. The van der Waals surface area contributed by atoms with Crippen LogP contribution in [0.5, 0.6) is 5.75 Å². The lowest BCUT2D eigenvalue weighted by atomic mass is 9.98. The zero-order chi connectivity index (χ0) is 19.0. The van der Waals surface area contributed by atoms with E-state index >= 15 is 0 Å². The predicted octanol–water partition coefficient (Wildman–Crippen LogP) is 3.14. The number of ether oxygens (including phenoxy) is 1. The molecule has 0 bridgehead atoms. The molecule has 0 spiro atoms. The predicted molar refractivity (Wildman–Crippen MR) is 111 cm³/mol. The molecule has 6 nitrogen and oxygen atoms in total. The van der Waals surface area contributed by atoms with Gasteiger partial charge in [0.1, 0.15) is 0 Å². The Kier molecular flexibility index (Phi) is 6.30. The first kappa shape index (κ1) is 20.7. The molecule has 7 heteroatoms. The number of amides is 1. The summed E-state index contributed by atoms with van der Waals surface area (Å²) in [4.78, 5) is 15.1. The third kappa shape index (κ3) is 4.03. The smallest absolute Gasteiger partial charge is 0.278 e. The Morgan fingerprint density at radius 2 is 2.00 bits per heavy atom. The summed E-state index contributed by atoms with van der Waals surface area (Å²) in [5.74, 6) is 1.83. The fourth-order valence-electron chi connectivity index (χ4n) is 4.20. The number of nitrogens with two attached hydrogens (primary N) is 1. The summed E-state index contributed by atoms with van der Waals surface area (Å²) >= 11 is 0. The van der Waals surface area contributed by atoms with Crippen LogP contribution in [-0.2, 0) is 0 Å². The normalized spacial score (nSPS) is 23.6. The van der Waals surface area contributed by atoms with Crippen molar-refractivity contribution in [1.82, 2.24) is 14.7 Å². The molecule has 2 heterocycles. The molecule has 4 rings (SSSR count). The molecular weight excluding hydrogens is 376 g/mol. The summed E-state index contributed by atoms with van der Waals surface area (Å²) in [6.45, 7) is 6.24. The van der Waals surface area contributed by atoms with Crippen molar-refractivity contribution in [3.8, 4) is 11.4 Å². The number of halogens is 1. The van der Waals surface area contributed by atoms with E-state index in [1.807, 2.05) is 41.4 Å². The highest BCUT2D eigenvalue weighted by atomic mass is 35.5. The number of nitrogens with zero attached hydrogens (tertiary/aromatic N) is 3. The Morgan fingerprint density at radius 1 is 1.25 bits per heavy atom. The van der Waals surface area contributed by atoms with Gasteiger partial charge in [0.05, 0.1) is 18.5 Å². The first-order valence-electron chi connectivity index (χ1n) is 9.85. The van der Waals surface area contributed by atoms with Gasteiger partial charge in [0, 0.05) is 19.1 Å². The van der Waals surface area contributed by atoms with Crippen LogP contribution in [0.4, 0.5) is 0 Å². The van der Waals surface area contributed by atoms with Crippen LogP contribution in [-0.4, -0.2) is 46.3 Å². The molecule has 1 aromatic heterocycles. The molecule has 1 saturated heterocycles. The standard InChI is InChI=1S/C21H28N4O2.ClH/c1-14(2)13-27-19-12-25(16-6-4-3-5-7-16)23-20(19)21(26)24-10-15-8-9-18(22)17(15)11-24;/h3-7,12,14-15,17-18H,8-11,13,22H2,1-2H3;1H. The fourth-order valence-corrected chi connectivity index (χ4v) is 4.20. The number of benzene rings is 1. The first-order chi connectivity index (χ1) is 13.0. The lowest BCUT2D eigenvalue weighted by Crippen LogP contribution is -2.34. The third-order valence-corrected chi connectivity index (χ3v) is 5.68. The second-order valence-corrected chi connectivity index (χ2v) is 8.20. The Morgan fingerprint density at radius 3 is 2.68 bits per heavy atom. The lowest BCUT2D eigenvalue weighted by molar-refractivity contribution is 0.0768. The third-order valence-electron chi connectivity index (χ3n) is 5.68. The van der Waals surface area contributed by atoms with Crippen LogP contribution < -0.4 is 10.5 Å². The quantitative estimate of drug-likeness (QED) is 0.830. The molecule has 1 aromatic carbocycles. The molecule has 3 atom stereocenters. The summed E-state index contributed by atoms with van der Waals surface area (Å²) in [6.07, 6.45) is 4.00. The van der Waals surface area contributed by atoms with Gasteiger partial charge in [-0.15, -0.1) is 12.4 Å². The molecule has 1 aliphatic carbocycles. The number of carbonyl (C=O) groups is 1. The van der Waals surface area contributed by atoms with E-state index in [0.717, 1.165) is 31.6 Å². The van der Waals surface area contributed by atoms with Crippen molar-refractivity contribution in [2.75, 3.05) is 19.7 Å². The monoisotopic (exact) mass is 404 g/mol. The average molecular weight is 405 g/mol. The van der Waals surface area contributed by atoms with Crippen LogP contribution in [0.15, 0.2) is 36.5 Å². The van der Waals surface area contributed by atoms with Crippen molar-refractivity contribution in [2.24, 2.45) is 23.5 Å². The van der Waals surface area contributed by atoms with Gasteiger partial charge in [-0.1, -0.05) is 32.0 Å². The molecule has 3 unspecified atom stereocenters. The van der Waals surface area contributed by atoms with Crippen LogP contribution in [0.1, 0.15) is 37.2 Å². The average Bonchev–Trinajstić information content (AvgIpc) is 3.36. The van der Waals surface area contributed by atoms with Crippen molar-refractivity contribution in [1.29, 1.82) is 0 Å². The molecular formula is C21H29ClN4O2. The van der Waals surface area contributed by atoms with Crippen molar-refractivity contribution in [3.63, 3.8) is 0 Å². The van der Waals surface area contributed by atoms with Crippen molar-refractivity contribution >= 4 is 18.3 Å². The summed E-state index contributed by atoms with van der Waals surface area (Å²) in [5.41, 5.74) is 7.53. The fraction of sp³-hybridized carbons (Fsp3) is 0.524. The molecule has 2 aromatic rings. The molecule has 2 N–H and O–H groups in total. The molecule has 28 heavy (non-hydrogen) atoms. The zero-order valence-electron chi connectivity index (χ0n) is 16.5. The number of likely N-dealkylation sites (tertiary alicyclic amines) is 1. The second-order valence-electron chi connectivity index (χ2n) is 8.20.